The van der Waals surface area contributed by atoms with Gasteiger partial charge in [-0.3, -0.25) is 4.79 Å². The van der Waals surface area contributed by atoms with Gasteiger partial charge in [0.1, 0.15) is 12.2 Å². The summed E-state index contributed by atoms with van der Waals surface area (Å²) in [6.07, 6.45) is -5.61. The van der Waals surface area contributed by atoms with Crippen LogP contribution in [0.1, 0.15) is 0 Å². The minimum Gasteiger partial charge on any atom is -0.435 e. The lowest BCUT2D eigenvalue weighted by Crippen LogP contribution is -2.33. The van der Waals surface area contributed by atoms with Crippen LogP contribution in [-0.2, 0) is 14.3 Å². The second kappa shape index (κ2) is 3.14. The van der Waals surface area contributed by atoms with Crippen LogP contribution in [0.3, 0.4) is 0 Å². The van der Waals surface area contributed by atoms with Crippen molar-refractivity contribution >= 4 is 6.47 Å². The van der Waals surface area contributed by atoms with Crippen LogP contribution in [0.25, 0.3) is 0 Å². The van der Waals surface area contributed by atoms with E-state index in [1.54, 1.807) is 0 Å². The highest BCUT2D eigenvalue weighted by Gasteiger charge is 2.43. The van der Waals surface area contributed by atoms with Gasteiger partial charge in [-0.2, -0.15) is 0 Å². The van der Waals surface area contributed by atoms with E-state index in [1.807, 2.05) is 0 Å². The van der Waals surface area contributed by atoms with Crippen molar-refractivity contribution in [3.63, 3.8) is 0 Å². The Kier molecular flexibility index (Phi) is 2.40. The number of aliphatic hydroxyl groups is 3. The molecular weight excluding hydrogens is 156 g/mol. The number of carbonyl (C=O) groups excluding carboxylic acids is 1. The lowest BCUT2D eigenvalue weighted by molar-refractivity contribution is -0.199. The third kappa shape index (κ3) is 1.48. The molecule has 1 aliphatic heterocycles. The number of ether oxygens (including phenoxy) is 2. The fraction of sp³-hybridized carbons (Fsp3) is 0.800. The maximum atomic E-state index is 9.74. The topological polar surface area (TPSA) is 96.2 Å². The molecule has 1 unspecified atom stereocenters. The second-order valence-electron chi connectivity index (χ2n) is 2.11. The average molecular weight is 164 g/mol. The van der Waals surface area contributed by atoms with Crippen molar-refractivity contribution in [1.82, 2.24) is 0 Å². The van der Waals surface area contributed by atoms with E-state index in [0.717, 1.165) is 0 Å². The molecule has 1 rings (SSSR count). The summed E-state index contributed by atoms with van der Waals surface area (Å²) in [6.45, 7) is 0.0681. The molecule has 1 aliphatic rings. The lowest BCUT2D eigenvalue weighted by Gasteiger charge is -2.10. The molecule has 1 fully saturated rings. The Morgan fingerprint density at radius 3 is 2.27 bits per heavy atom. The summed E-state index contributed by atoms with van der Waals surface area (Å²) in [6, 6.07) is 0. The van der Waals surface area contributed by atoms with Crippen LogP contribution >= 0.6 is 0 Å². The first-order chi connectivity index (χ1) is 5.16. The molecule has 1 heterocycles. The standard InChI is InChI=1S/C5H8O6/c6-1-10-5-3(8)2(7)4(9)11-5/h1-5,7-9H/t2-,3?,4+,5-/m0/s1. The third-order valence-electron chi connectivity index (χ3n) is 1.38. The summed E-state index contributed by atoms with van der Waals surface area (Å²) in [7, 11) is 0. The van der Waals surface area contributed by atoms with Gasteiger partial charge in [0.25, 0.3) is 6.47 Å². The molecule has 3 N–H and O–H groups in total. The molecular formula is C5H8O6. The first-order valence-corrected chi connectivity index (χ1v) is 2.95. The van der Waals surface area contributed by atoms with Crippen molar-refractivity contribution in [3.8, 4) is 0 Å². The Bertz CT molecular complexity index is 148. The molecule has 64 valence electrons. The number of hydrogen-bond acceptors (Lipinski definition) is 6. The Labute approximate surface area is 62.0 Å². The van der Waals surface area contributed by atoms with E-state index in [-0.39, 0.29) is 6.47 Å². The van der Waals surface area contributed by atoms with E-state index >= 15 is 0 Å². The highest BCUT2D eigenvalue weighted by molar-refractivity contribution is 5.37. The summed E-state index contributed by atoms with van der Waals surface area (Å²) >= 11 is 0. The Balaban J connectivity index is 2.51. The van der Waals surface area contributed by atoms with Gasteiger partial charge in [0.15, 0.2) is 6.29 Å². The van der Waals surface area contributed by atoms with Crippen LogP contribution in [0.5, 0.6) is 0 Å². The van der Waals surface area contributed by atoms with Crippen LogP contribution < -0.4 is 0 Å². The van der Waals surface area contributed by atoms with E-state index in [4.69, 9.17) is 15.3 Å². The number of hydrogen-bond donors (Lipinski definition) is 3. The van der Waals surface area contributed by atoms with Gasteiger partial charge in [0, 0.05) is 0 Å². The number of carbonyl (C=O) groups is 1. The van der Waals surface area contributed by atoms with Gasteiger partial charge in [-0.25, -0.2) is 0 Å². The molecule has 0 radical (unpaired) electrons. The SMILES string of the molecule is O=CO[C@H]1O[C@@H](O)[C@@H](O)C1O. The minimum absolute atomic E-state index is 0.0681. The summed E-state index contributed by atoms with van der Waals surface area (Å²) in [4.78, 5) is 9.74. The highest BCUT2D eigenvalue weighted by atomic mass is 16.8. The van der Waals surface area contributed by atoms with E-state index in [2.05, 4.69) is 9.47 Å². The summed E-state index contributed by atoms with van der Waals surface area (Å²) in [5, 5.41) is 26.5. The number of rotatable bonds is 2. The van der Waals surface area contributed by atoms with Crippen LogP contribution in [0.2, 0.25) is 0 Å². The van der Waals surface area contributed by atoms with Crippen molar-refractivity contribution in [1.29, 1.82) is 0 Å². The van der Waals surface area contributed by atoms with Crippen LogP contribution in [0, 0.1) is 0 Å². The molecule has 0 aromatic carbocycles. The maximum absolute atomic E-state index is 9.74. The zero-order valence-electron chi connectivity index (χ0n) is 5.45. The van der Waals surface area contributed by atoms with Crippen LogP contribution in [0.15, 0.2) is 0 Å². The molecule has 1 saturated heterocycles. The van der Waals surface area contributed by atoms with E-state index in [9.17, 15) is 4.79 Å². The summed E-state index contributed by atoms with van der Waals surface area (Å²) < 4.78 is 8.61. The normalized spacial score (nSPS) is 43.9. The smallest absolute Gasteiger partial charge is 0.295 e. The molecule has 0 saturated carbocycles. The van der Waals surface area contributed by atoms with Crippen LogP contribution in [0.4, 0.5) is 0 Å². The van der Waals surface area contributed by atoms with Gasteiger partial charge in [-0.15, -0.1) is 0 Å². The summed E-state index contributed by atoms with van der Waals surface area (Å²) in [5.74, 6) is 0. The monoisotopic (exact) mass is 164 g/mol. The van der Waals surface area contributed by atoms with Gasteiger partial charge in [-0.05, 0) is 0 Å². The molecule has 0 aliphatic carbocycles. The zero-order chi connectivity index (χ0) is 8.43. The molecule has 6 nitrogen and oxygen atoms in total. The van der Waals surface area contributed by atoms with Crippen molar-refractivity contribution in [3.05, 3.63) is 0 Å². The first kappa shape index (κ1) is 8.41. The largest absolute Gasteiger partial charge is 0.435 e. The maximum Gasteiger partial charge on any atom is 0.295 e. The van der Waals surface area contributed by atoms with Crippen LogP contribution in [-0.4, -0.2) is 46.6 Å². The molecule has 6 heteroatoms. The van der Waals surface area contributed by atoms with Crippen molar-refractivity contribution in [2.45, 2.75) is 24.8 Å². The predicted molar refractivity (Wildman–Crippen MR) is 30.0 cm³/mol. The predicted octanol–water partition coefficient (Wildman–Crippen LogP) is -2.44. The van der Waals surface area contributed by atoms with Gasteiger partial charge < -0.3 is 24.8 Å². The molecule has 0 amide bonds. The van der Waals surface area contributed by atoms with E-state index in [1.165, 1.54) is 0 Å². The fourth-order valence-electron chi connectivity index (χ4n) is 0.795. The second-order valence-corrected chi connectivity index (χ2v) is 2.11. The van der Waals surface area contributed by atoms with Gasteiger partial charge in [0.2, 0.25) is 6.29 Å². The van der Waals surface area contributed by atoms with Gasteiger partial charge >= 0.3 is 0 Å². The molecule has 0 aromatic heterocycles. The number of aliphatic hydroxyl groups excluding tert-OH is 3. The third-order valence-corrected chi connectivity index (χ3v) is 1.38. The van der Waals surface area contributed by atoms with Gasteiger partial charge in [-0.1, -0.05) is 0 Å². The lowest BCUT2D eigenvalue weighted by atomic mass is 10.2. The van der Waals surface area contributed by atoms with Gasteiger partial charge in [0.05, 0.1) is 0 Å². The van der Waals surface area contributed by atoms with E-state index in [0.29, 0.717) is 0 Å². The molecule has 0 spiro atoms. The highest BCUT2D eigenvalue weighted by Crippen LogP contribution is 2.19. The van der Waals surface area contributed by atoms with Crippen molar-refractivity contribution in [2.24, 2.45) is 0 Å². The van der Waals surface area contributed by atoms with Crippen molar-refractivity contribution in [2.75, 3.05) is 0 Å². The molecule has 0 aromatic rings. The van der Waals surface area contributed by atoms with E-state index < -0.39 is 24.8 Å². The Morgan fingerprint density at radius 2 is 1.91 bits per heavy atom. The summed E-state index contributed by atoms with van der Waals surface area (Å²) in [5.41, 5.74) is 0. The Morgan fingerprint density at radius 1 is 1.27 bits per heavy atom. The average Bonchev–Trinajstić information content (AvgIpc) is 2.19. The van der Waals surface area contributed by atoms with Crippen molar-refractivity contribution < 1.29 is 29.6 Å². The quantitative estimate of drug-likeness (QED) is 0.392. The fourth-order valence-corrected chi connectivity index (χ4v) is 0.795. The minimum atomic E-state index is -1.50. The first-order valence-electron chi connectivity index (χ1n) is 2.95. The molecule has 0 bridgehead atoms. The molecule has 11 heavy (non-hydrogen) atoms. The molecule has 4 atom stereocenters. The zero-order valence-corrected chi connectivity index (χ0v) is 5.45. The Hall–Kier alpha value is -0.690.